The first-order chi connectivity index (χ1) is 13.7. The van der Waals surface area contributed by atoms with Crippen molar-refractivity contribution in [2.45, 2.75) is 44.3 Å². The van der Waals surface area contributed by atoms with Crippen LogP contribution in [0, 0.1) is 0 Å². The van der Waals surface area contributed by atoms with Crippen molar-refractivity contribution in [3.8, 4) is 0 Å². The van der Waals surface area contributed by atoms with Crippen LogP contribution < -0.4 is 0 Å². The van der Waals surface area contributed by atoms with E-state index >= 15 is 0 Å². The fraction of sp³-hybridized carbons (Fsp3) is 0.545. The van der Waals surface area contributed by atoms with E-state index in [9.17, 15) is 4.79 Å². The van der Waals surface area contributed by atoms with E-state index in [-0.39, 0.29) is 5.91 Å². The number of likely N-dealkylation sites (tertiary alicyclic amines) is 1. The van der Waals surface area contributed by atoms with Gasteiger partial charge in [-0.2, -0.15) is 0 Å². The summed E-state index contributed by atoms with van der Waals surface area (Å²) in [4.78, 5) is 21.6. The normalized spacial score (nSPS) is 19.3. The molecular formula is C22H30N4O2. The predicted octanol–water partition coefficient (Wildman–Crippen LogP) is 2.71. The molecule has 1 aromatic carbocycles. The number of imidazole rings is 1. The van der Waals surface area contributed by atoms with Crippen LogP contribution in [0.2, 0.25) is 0 Å². The summed E-state index contributed by atoms with van der Waals surface area (Å²) >= 11 is 0. The Labute approximate surface area is 167 Å². The number of carbonyl (C=O) groups excluding carboxylic acids is 1. The van der Waals surface area contributed by atoms with Gasteiger partial charge in [-0.15, -0.1) is 0 Å². The minimum Gasteiger partial charge on any atom is -0.381 e. The number of hydrogen-bond donors (Lipinski definition) is 0. The fourth-order valence-corrected chi connectivity index (χ4v) is 4.45. The van der Waals surface area contributed by atoms with E-state index in [4.69, 9.17) is 4.74 Å². The highest BCUT2D eigenvalue weighted by Gasteiger charge is 2.32. The lowest BCUT2D eigenvalue weighted by atomic mass is 9.96. The Morgan fingerprint density at radius 3 is 2.43 bits per heavy atom. The Morgan fingerprint density at radius 1 is 1.11 bits per heavy atom. The quantitative estimate of drug-likeness (QED) is 0.798. The molecule has 6 nitrogen and oxygen atoms in total. The summed E-state index contributed by atoms with van der Waals surface area (Å²) in [6.07, 6.45) is 7.72. The summed E-state index contributed by atoms with van der Waals surface area (Å²) in [6.45, 7) is 4.29. The van der Waals surface area contributed by atoms with Crippen LogP contribution in [0.15, 0.2) is 42.9 Å². The minimum absolute atomic E-state index is 0.0553. The Bertz CT molecular complexity index is 762. The standard InChI is InChI=1S/C22H30N4O2/c1-24-16-21(23-17-24)22(27)25-11-7-19(8-12-25)26(20-9-13-28-14-10-20)15-18-5-3-2-4-6-18/h2-6,16-17,19-20H,7-15H2,1H3. The van der Waals surface area contributed by atoms with Crippen LogP contribution in [-0.2, 0) is 18.3 Å². The van der Waals surface area contributed by atoms with Gasteiger partial charge in [0.2, 0.25) is 0 Å². The summed E-state index contributed by atoms with van der Waals surface area (Å²) in [6, 6.07) is 11.8. The SMILES string of the molecule is Cn1cnc(C(=O)N2CCC(N(Cc3ccccc3)C3CCOCC3)CC2)c1. The topological polar surface area (TPSA) is 50.6 Å². The summed E-state index contributed by atoms with van der Waals surface area (Å²) in [7, 11) is 1.89. The molecule has 0 spiro atoms. The molecule has 2 fully saturated rings. The van der Waals surface area contributed by atoms with E-state index in [0.717, 1.165) is 58.5 Å². The summed E-state index contributed by atoms with van der Waals surface area (Å²) in [5.41, 5.74) is 1.91. The van der Waals surface area contributed by atoms with Crippen LogP contribution in [0.25, 0.3) is 0 Å². The third-order valence-electron chi connectivity index (χ3n) is 6.01. The lowest BCUT2D eigenvalue weighted by Gasteiger charge is -2.43. The Kier molecular flexibility index (Phi) is 6.07. The summed E-state index contributed by atoms with van der Waals surface area (Å²) in [5, 5.41) is 0. The molecule has 6 heteroatoms. The molecule has 2 aliphatic rings. The van der Waals surface area contributed by atoms with Crippen LogP contribution in [-0.4, -0.2) is 63.6 Å². The molecule has 0 atom stereocenters. The highest BCUT2D eigenvalue weighted by atomic mass is 16.5. The molecule has 0 saturated carbocycles. The number of rotatable bonds is 5. The van der Waals surface area contributed by atoms with Gasteiger partial charge in [0.05, 0.1) is 6.33 Å². The first-order valence-electron chi connectivity index (χ1n) is 10.4. The molecule has 2 saturated heterocycles. The molecule has 0 aliphatic carbocycles. The van der Waals surface area contributed by atoms with Crippen molar-refractivity contribution in [2.75, 3.05) is 26.3 Å². The van der Waals surface area contributed by atoms with E-state index in [1.807, 2.05) is 16.5 Å². The maximum Gasteiger partial charge on any atom is 0.274 e. The zero-order valence-corrected chi connectivity index (χ0v) is 16.7. The van der Waals surface area contributed by atoms with Crippen molar-refractivity contribution in [1.29, 1.82) is 0 Å². The molecule has 2 aromatic rings. The molecule has 1 aromatic heterocycles. The number of benzene rings is 1. The van der Waals surface area contributed by atoms with Gasteiger partial charge in [0.25, 0.3) is 5.91 Å². The number of nitrogens with zero attached hydrogens (tertiary/aromatic N) is 4. The molecule has 0 radical (unpaired) electrons. The maximum absolute atomic E-state index is 12.7. The lowest BCUT2D eigenvalue weighted by Crippen LogP contribution is -2.51. The van der Waals surface area contributed by atoms with Crippen LogP contribution in [0.4, 0.5) is 0 Å². The molecule has 28 heavy (non-hydrogen) atoms. The van der Waals surface area contributed by atoms with Gasteiger partial charge in [0.1, 0.15) is 5.69 Å². The molecule has 0 bridgehead atoms. The summed E-state index contributed by atoms with van der Waals surface area (Å²) < 4.78 is 7.42. The van der Waals surface area contributed by atoms with Crippen molar-refractivity contribution in [1.82, 2.24) is 19.4 Å². The average molecular weight is 383 g/mol. The maximum atomic E-state index is 12.7. The fourth-order valence-electron chi connectivity index (χ4n) is 4.45. The first kappa shape index (κ1) is 19.2. The molecule has 4 rings (SSSR count). The van der Waals surface area contributed by atoms with Gasteiger partial charge >= 0.3 is 0 Å². The van der Waals surface area contributed by atoms with Gasteiger partial charge < -0.3 is 14.2 Å². The second kappa shape index (κ2) is 8.88. The number of amides is 1. The van der Waals surface area contributed by atoms with Crippen LogP contribution >= 0.6 is 0 Å². The van der Waals surface area contributed by atoms with Crippen molar-refractivity contribution in [2.24, 2.45) is 7.05 Å². The van der Waals surface area contributed by atoms with Crippen molar-refractivity contribution in [3.63, 3.8) is 0 Å². The van der Waals surface area contributed by atoms with Gasteiger partial charge in [0.15, 0.2) is 0 Å². The number of hydrogen-bond acceptors (Lipinski definition) is 4. The second-order valence-electron chi connectivity index (χ2n) is 7.95. The lowest BCUT2D eigenvalue weighted by molar-refractivity contribution is -0.00153. The number of aromatic nitrogens is 2. The molecule has 2 aliphatic heterocycles. The molecule has 150 valence electrons. The van der Waals surface area contributed by atoms with Gasteiger partial charge in [-0.3, -0.25) is 9.69 Å². The van der Waals surface area contributed by atoms with Gasteiger partial charge in [-0.1, -0.05) is 30.3 Å². The van der Waals surface area contributed by atoms with Crippen LogP contribution in [0.3, 0.4) is 0 Å². The van der Waals surface area contributed by atoms with E-state index in [1.54, 1.807) is 12.5 Å². The Hall–Kier alpha value is -2.18. The highest BCUT2D eigenvalue weighted by molar-refractivity contribution is 5.92. The van der Waals surface area contributed by atoms with Crippen molar-refractivity contribution < 1.29 is 9.53 Å². The van der Waals surface area contributed by atoms with Gasteiger partial charge in [-0.25, -0.2) is 4.98 Å². The third-order valence-corrected chi connectivity index (χ3v) is 6.01. The van der Waals surface area contributed by atoms with Crippen LogP contribution in [0.1, 0.15) is 41.7 Å². The van der Waals surface area contributed by atoms with Crippen molar-refractivity contribution >= 4 is 5.91 Å². The highest BCUT2D eigenvalue weighted by Crippen LogP contribution is 2.26. The zero-order valence-electron chi connectivity index (χ0n) is 16.7. The molecule has 1 amide bonds. The number of carbonyl (C=O) groups is 1. The average Bonchev–Trinajstić information content (AvgIpc) is 3.19. The van der Waals surface area contributed by atoms with E-state index in [2.05, 4.69) is 40.2 Å². The number of aryl methyl sites for hydroxylation is 1. The first-order valence-corrected chi connectivity index (χ1v) is 10.4. The number of ether oxygens (including phenoxy) is 1. The molecular weight excluding hydrogens is 352 g/mol. The summed E-state index contributed by atoms with van der Waals surface area (Å²) in [5.74, 6) is 0.0553. The van der Waals surface area contributed by atoms with Gasteiger partial charge in [0, 0.05) is 58.2 Å². The van der Waals surface area contributed by atoms with Gasteiger partial charge in [-0.05, 0) is 31.2 Å². The smallest absolute Gasteiger partial charge is 0.274 e. The molecule has 3 heterocycles. The second-order valence-corrected chi connectivity index (χ2v) is 7.95. The van der Waals surface area contributed by atoms with E-state index in [1.165, 1.54) is 5.56 Å². The molecule has 0 unspecified atom stereocenters. The predicted molar refractivity (Wildman–Crippen MR) is 108 cm³/mol. The van der Waals surface area contributed by atoms with E-state index in [0.29, 0.717) is 17.8 Å². The largest absolute Gasteiger partial charge is 0.381 e. The Morgan fingerprint density at radius 2 is 1.79 bits per heavy atom. The monoisotopic (exact) mass is 382 g/mol. The van der Waals surface area contributed by atoms with E-state index < -0.39 is 0 Å². The number of piperidine rings is 1. The van der Waals surface area contributed by atoms with Crippen LogP contribution in [0.5, 0.6) is 0 Å². The molecule has 0 N–H and O–H groups in total. The third kappa shape index (κ3) is 4.45. The zero-order chi connectivity index (χ0) is 19.3. The van der Waals surface area contributed by atoms with Crippen molar-refractivity contribution in [3.05, 3.63) is 54.1 Å². The minimum atomic E-state index is 0.0553. The Balaban J connectivity index is 1.42.